The molecule has 1 aromatic rings. The molecule has 3 rings (SSSR count). The molecule has 1 atom stereocenters. The van der Waals surface area contributed by atoms with Gasteiger partial charge in [-0.2, -0.15) is 5.26 Å². The maximum absolute atomic E-state index is 9.28. The third-order valence-corrected chi connectivity index (χ3v) is 4.55. The van der Waals surface area contributed by atoms with Crippen molar-refractivity contribution in [1.29, 1.82) is 5.26 Å². The number of anilines is 1. The zero-order valence-corrected chi connectivity index (χ0v) is 12.2. The van der Waals surface area contributed by atoms with Gasteiger partial charge in [-0.05, 0) is 56.3 Å². The summed E-state index contributed by atoms with van der Waals surface area (Å²) < 4.78 is 0. The minimum absolute atomic E-state index is 0.677. The zero-order chi connectivity index (χ0) is 13.9. The van der Waals surface area contributed by atoms with Crippen molar-refractivity contribution in [3.05, 3.63) is 22.9 Å². The smallest absolute Gasteiger partial charge is 0.144 e. The van der Waals surface area contributed by atoms with Gasteiger partial charge in [0.15, 0.2) is 0 Å². The highest BCUT2D eigenvalue weighted by Gasteiger charge is 2.22. The molecule has 1 aliphatic heterocycles. The lowest BCUT2D eigenvalue weighted by atomic mass is 10.1. The van der Waals surface area contributed by atoms with Gasteiger partial charge in [-0.1, -0.05) is 6.92 Å². The Kier molecular flexibility index (Phi) is 3.88. The van der Waals surface area contributed by atoms with Crippen LogP contribution in [0, 0.1) is 17.2 Å². The summed E-state index contributed by atoms with van der Waals surface area (Å²) in [5.41, 5.74) is 3.16. The second-order valence-corrected chi connectivity index (χ2v) is 5.88. The third kappa shape index (κ3) is 2.64. The third-order valence-electron chi connectivity index (χ3n) is 4.55. The zero-order valence-electron chi connectivity index (χ0n) is 12.2. The number of nitrogens with zero attached hydrogens (tertiary/aromatic N) is 3. The van der Waals surface area contributed by atoms with Gasteiger partial charge in [-0.3, -0.25) is 0 Å². The Morgan fingerprint density at radius 1 is 1.50 bits per heavy atom. The molecule has 0 amide bonds. The first-order valence-corrected chi connectivity index (χ1v) is 7.69. The van der Waals surface area contributed by atoms with Crippen molar-refractivity contribution in [3.63, 3.8) is 0 Å². The van der Waals surface area contributed by atoms with Gasteiger partial charge < -0.3 is 10.2 Å². The van der Waals surface area contributed by atoms with E-state index in [0.29, 0.717) is 11.5 Å². The van der Waals surface area contributed by atoms with Gasteiger partial charge in [0.1, 0.15) is 11.9 Å². The van der Waals surface area contributed by atoms with Crippen LogP contribution in [0.2, 0.25) is 0 Å². The first-order chi connectivity index (χ1) is 9.80. The summed E-state index contributed by atoms with van der Waals surface area (Å²) in [5.74, 6) is 1.47. The molecular formula is C16H22N4. The molecule has 1 N–H and O–H groups in total. The number of likely N-dealkylation sites (tertiary alicyclic amines) is 1. The number of nitrogens with one attached hydrogen (secondary N) is 1. The predicted molar refractivity (Wildman–Crippen MR) is 79.7 cm³/mol. The largest absolute Gasteiger partial charge is 0.369 e. The van der Waals surface area contributed by atoms with Crippen molar-refractivity contribution < 1.29 is 0 Å². The van der Waals surface area contributed by atoms with E-state index in [2.05, 4.69) is 28.2 Å². The van der Waals surface area contributed by atoms with E-state index in [1.807, 2.05) is 6.07 Å². The predicted octanol–water partition coefficient (Wildman–Crippen LogP) is 2.20. The van der Waals surface area contributed by atoms with Crippen molar-refractivity contribution >= 4 is 5.82 Å². The van der Waals surface area contributed by atoms with Crippen LogP contribution in [0.3, 0.4) is 0 Å². The molecule has 0 saturated carbocycles. The van der Waals surface area contributed by atoms with E-state index >= 15 is 0 Å². The van der Waals surface area contributed by atoms with Crippen LogP contribution in [0.4, 0.5) is 5.82 Å². The molecule has 1 aliphatic carbocycles. The Bertz CT molecular complexity index is 532. The van der Waals surface area contributed by atoms with Crippen LogP contribution in [0.1, 0.15) is 36.6 Å². The van der Waals surface area contributed by atoms with E-state index in [9.17, 15) is 5.26 Å². The summed E-state index contributed by atoms with van der Waals surface area (Å²) >= 11 is 0. The van der Waals surface area contributed by atoms with Gasteiger partial charge in [0, 0.05) is 18.8 Å². The molecule has 106 valence electrons. The standard InChI is InChI=1S/C16H22N4/c1-2-20-7-6-12(11-20)10-18-16-14(9-17)8-13-4-3-5-15(13)19-16/h8,12H,2-7,10-11H2,1H3,(H,18,19). The van der Waals surface area contributed by atoms with E-state index in [1.165, 1.54) is 30.6 Å². The van der Waals surface area contributed by atoms with Gasteiger partial charge in [-0.25, -0.2) is 4.98 Å². The highest BCUT2D eigenvalue weighted by molar-refractivity contribution is 5.55. The monoisotopic (exact) mass is 270 g/mol. The average molecular weight is 270 g/mol. The number of nitriles is 1. The Morgan fingerprint density at radius 2 is 2.40 bits per heavy atom. The van der Waals surface area contributed by atoms with Crippen molar-refractivity contribution in [1.82, 2.24) is 9.88 Å². The number of aryl methyl sites for hydroxylation is 2. The fraction of sp³-hybridized carbons (Fsp3) is 0.625. The van der Waals surface area contributed by atoms with Gasteiger partial charge in [0.2, 0.25) is 0 Å². The minimum Gasteiger partial charge on any atom is -0.369 e. The molecule has 0 bridgehead atoms. The molecule has 1 aromatic heterocycles. The maximum atomic E-state index is 9.28. The number of hydrogen-bond acceptors (Lipinski definition) is 4. The lowest BCUT2D eigenvalue weighted by Crippen LogP contribution is -2.23. The minimum atomic E-state index is 0.677. The summed E-state index contributed by atoms with van der Waals surface area (Å²) in [4.78, 5) is 7.16. The molecule has 0 radical (unpaired) electrons. The van der Waals surface area contributed by atoms with E-state index in [0.717, 1.165) is 38.3 Å². The number of rotatable bonds is 4. The number of aromatic nitrogens is 1. The van der Waals surface area contributed by atoms with Crippen LogP contribution in [-0.2, 0) is 12.8 Å². The SMILES string of the molecule is CCN1CCC(CNc2nc3c(cc2C#N)CCC3)C1. The molecule has 1 saturated heterocycles. The van der Waals surface area contributed by atoms with Crippen molar-refractivity contribution in [3.8, 4) is 6.07 Å². The second-order valence-electron chi connectivity index (χ2n) is 5.88. The molecule has 1 fully saturated rings. The molecule has 1 unspecified atom stereocenters. The second kappa shape index (κ2) is 5.80. The summed E-state index contributed by atoms with van der Waals surface area (Å²) in [7, 11) is 0. The van der Waals surface area contributed by atoms with E-state index in [4.69, 9.17) is 0 Å². The van der Waals surface area contributed by atoms with Gasteiger partial charge in [0.05, 0.1) is 5.56 Å². The Balaban J connectivity index is 1.67. The average Bonchev–Trinajstić information content (AvgIpc) is 3.12. The normalized spacial score (nSPS) is 21.7. The topological polar surface area (TPSA) is 52.0 Å². The van der Waals surface area contributed by atoms with Crippen LogP contribution in [-0.4, -0.2) is 36.1 Å². The van der Waals surface area contributed by atoms with Crippen LogP contribution >= 0.6 is 0 Å². The lowest BCUT2D eigenvalue weighted by molar-refractivity contribution is 0.345. The Hall–Kier alpha value is -1.60. The van der Waals surface area contributed by atoms with Gasteiger partial charge >= 0.3 is 0 Å². The summed E-state index contributed by atoms with van der Waals surface area (Å²) in [5, 5.41) is 12.7. The maximum Gasteiger partial charge on any atom is 0.144 e. The van der Waals surface area contributed by atoms with Gasteiger partial charge in [-0.15, -0.1) is 0 Å². The highest BCUT2D eigenvalue weighted by atomic mass is 15.1. The molecule has 0 aromatic carbocycles. The number of fused-ring (bicyclic) bond motifs is 1. The van der Waals surface area contributed by atoms with Crippen molar-refractivity contribution in [2.75, 3.05) is 31.5 Å². The fourth-order valence-electron chi connectivity index (χ4n) is 3.30. The molecule has 2 aliphatic rings. The van der Waals surface area contributed by atoms with E-state index < -0.39 is 0 Å². The van der Waals surface area contributed by atoms with Gasteiger partial charge in [0.25, 0.3) is 0 Å². The molecule has 4 nitrogen and oxygen atoms in total. The molecule has 0 spiro atoms. The molecular weight excluding hydrogens is 248 g/mol. The molecule has 2 heterocycles. The lowest BCUT2D eigenvalue weighted by Gasteiger charge is -2.15. The Labute approximate surface area is 120 Å². The quantitative estimate of drug-likeness (QED) is 0.911. The fourth-order valence-corrected chi connectivity index (χ4v) is 3.30. The summed E-state index contributed by atoms with van der Waals surface area (Å²) in [6.45, 7) is 6.64. The van der Waals surface area contributed by atoms with Crippen LogP contribution in [0.25, 0.3) is 0 Å². The number of pyridine rings is 1. The Morgan fingerprint density at radius 3 is 3.15 bits per heavy atom. The van der Waals surface area contributed by atoms with Crippen molar-refractivity contribution in [2.45, 2.75) is 32.6 Å². The summed E-state index contributed by atoms with van der Waals surface area (Å²) in [6.07, 6.45) is 4.55. The molecule has 4 heteroatoms. The van der Waals surface area contributed by atoms with Crippen LogP contribution < -0.4 is 5.32 Å². The summed E-state index contributed by atoms with van der Waals surface area (Å²) in [6, 6.07) is 4.32. The highest BCUT2D eigenvalue weighted by Crippen LogP contribution is 2.25. The first kappa shape index (κ1) is 13.4. The van der Waals surface area contributed by atoms with E-state index in [-0.39, 0.29) is 0 Å². The first-order valence-electron chi connectivity index (χ1n) is 7.69. The van der Waals surface area contributed by atoms with Crippen LogP contribution in [0.5, 0.6) is 0 Å². The number of hydrogen-bond donors (Lipinski definition) is 1. The van der Waals surface area contributed by atoms with Crippen molar-refractivity contribution in [2.24, 2.45) is 5.92 Å². The van der Waals surface area contributed by atoms with E-state index in [1.54, 1.807) is 0 Å². The molecule has 20 heavy (non-hydrogen) atoms. The van der Waals surface area contributed by atoms with Crippen LogP contribution in [0.15, 0.2) is 6.07 Å².